The van der Waals surface area contributed by atoms with Gasteiger partial charge < -0.3 is 9.32 Å². The van der Waals surface area contributed by atoms with Crippen LogP contribution in [0.5, 0.6) is 0 Å². The monoisotopic (exact) mass is 325 g/mol. The molecule has 0 aliphatic carbocycles. The molecule has 7 nitrogen and oxygen atoms in total. The predicted molar refractivity (Wildman–Crippen MR) is 87.8 cm³/mol. The zero-order chi connectivity index (χ0) is 16.9. The summed E-state index contributed by atoms with van der Waals surface area (Å²) in [6, 6.07) is 11.6. The minimum Gasteiger partial charge on any atom is -0.467 e. The largest absolute Gasteiger partial charge is 0.467 e. The summed E-state index contributed by atoms with van der Waals surface area (Å²) in [5.74, 6) is 1.13. The highest BCUT2D eigenvalue weighted by atomic mass is 16.3. The van der Waals surface area contributed by atoms with Gasteiger partial charge in [-0.1, -0.05) is 31.2 Å². The van der Waals surface area contributed by atoms with Crippen molar-refractivity contribution >= 4 is 5.91 Å². The van der Waals surface area contributed by atoms with E-state index in [2.05, 4.69) is 22.3 Å². The zero-order valence-electron chi connectivity index (χ0n) is 13.7. The Morgan fingerprint density at radius 1 is 1.25 bits per heavy atom. The van der Waals surface area contributed by atoms with E-state index in [-0.39, 0.29) is 12.5 Å². The SMILES string of the molecule is CCc1ccc(-c2nnn(CC(=O)N(C)Cc3ccco3)n2)cc1. The van der Waals surface area contributed by atoms with Gasteiger partial charge in [0.05, 0.1) is 12.8 Å². The van der Waals surface area contributed by atoms with Gasteiger partial charge in [-0.05, 0) is 29.3 Å². The van der Waals surface area contributed by atoms with E-state index >= 15 is 0 Å². The zero-order valence-corrected chi connectivity index (χ0v) is 13.7. The molecule has 3 aromatic rings. The van der Waals surface area contributed by atoms with E-state index in [0.29, 0.717) is 12.4 Å². The molecule has 1 amide bonds. The van der Waals surface area contributed by atoms with E-state index < -0.39 is 0 Å². The minimum atomic E-state index is -0.114. The molecule has 0 fully saturated rings. The van der Waals surface area contributed by atoms with Crippen molar-refractivity contribution in [3.63, 3.8) is 0 Å². The van der Waals surface area contributed by atoms with Crippen molar-refractivity contribution in [1.29, 1.82) is 0 Å². The maximum Gasteiger partial charge on any atom is 0.246 e. The standard InChI is InChI=1S/C17H19N5O2/c1-3-13-6-8-14(9-7-13)17-18-20-22(19-17)12-16(23)21(2)11-15-5-4-10-24-15/h4-10H,3,11-12H2,1-2H3. The molecule has 0 radical (unpaired) electrons. The first kappa shape index (κ1) is 15.9. The Morgan fingerprint density at radius 3 is 2.71 bits per heavy atom. The molecule has 124 valence electrons. The number of amides is 1. The predicted octanol–water partition coefficient (Wildman–Crippen LogP) is 2.15. The van der Waals surface area contributed by atoms with Crippen LogP contribution < -0.4 is 0 Å². The minimum absolute atomic E-state index is 0.0389. The summed E-state index contributed by atoms with van der Waals surface area (Å²) in [5.41, 5.74) is 2.13. The molecule has 0 bridgehead atoms. The molecule has 2 heterocycles. The van der Waals surface area contributed by atoms with Crippen molar-refractivity contribution in [2.24, 2.45) is 0 Å². The van der Waals surface area contributed by atoms with Crippen molar-refractivity contribution < 1.29 is 9.21 Å². The first-order chi connectivity index (χ1) is 11.7. The maximum atomic E-state index is 12.2. The summed E-state index contributed by atoms with van der Waals surface area (Å²) >= 11 is 0. The lowest BCUT2D eigenvalue weighted by molar-refractivity contribution is -0.131. The second-order valence-corrected chi connectivity index (χ2v) is 5.52. The van der Waals surface area contributed by atoms with Gasteiger partial charge in [0.25, 0.3) is 0 Å². The number of tetrazole rings is 1. The van der Waals surface area contributed by atoms with E-state index in [1.165, 1.54) is 10.4 Å². The highest BCUT2D eigenvalue weighted by molar-refractivity contribution is 5.75. The Bertz CT molecular complexity index is 793. The number of benzene rings is 1. The van der Waals surface area contributed by atoms with Crippen LogP contribution in [0.2, 0.25) is 0 Å². The summed E-state index contributed by atoms with van der Waals surface area (Å²) in [5, 5.41) is 12.3. The lowest BCUT2D eigenvalue weighted by Crippen LogP contribution is -2.30. The van der Waals surface area contributed by atoms with Crippen LogP contribution in [0.4, 0.5) is 0 Å². The van der Waals surface area contributed by atoms with Crippen molar-refractivity contribution in [1.82, 2.24) is 25.1 Å². The molecule has 0 aliphatic rings. The summed E-state index contributed by atoms with van der Waals surface area (Å²) in [4.78, 5) is 15.1. The number of hydrogen-bond donors (Lipinski definition) is 0. The first-order valence-corrected chi connectivity index (χ1v) is 7.79. The Balaban J connectivity index is 1.63. The van der Waals surface area contributed by atoms with Crippen LogP contribution in [0.1, 0.15) is 18.2 Å². The van der Waals surface area contributed by atoms with Crippen LogP contribution in [0, 0.1) is 0 Å². The van der Waals surface area contributed by atoms with Crippen LogP contribution in [0.15, 0.2) is 47.1 Å². The first-order valence-electron chi connectivity index (χ1n) is 7.79. The quantitative estimate of drug-likeness (QED) is 0.694. The van der Waals surface area contributed by atoms with Crippen LogP contribution in [-0.2, 0) is 24.3 Å². The third kappa shape index (κ3) is 3.68. The second-order valence-electron chi connectivity index (χ2n) is 5.52. The van der Waals surface area contributed by atoms with Crippen LogP contribution >= 0.6 is 0 Å². The van der Waals surface area contributed by atoms with Crippen LogP contribution in [0.25, 0.3) is 11.4 Å². The normalized spacial score (nSPS) is 10.8. The number of carbonyl (C=O) groups is 1. The fraction of sp³-hybridized carbons (Fsp3) is 0.294. The number of furan rings is 1. The van der Waals surface area contributed by atoms with E-state index in [4.69, 9.17) is 4.42 Å². The van der Waals surface area contributed by atoms with Gasteiger partial charge in [-0.25, -0.2) is 0 Å². The lowest BCUT2D eigenvalue weighted by atomic mass is 10.1. The Labute approximate surface area is 139 Å². The number of rotatable bonds is 6. The molecule has 1 aromatic carbocycles. The van der Waals surface area contributed by atoms with Gasteiger partial charge >= 0.3 is 0 Å². The van der Waals surface area contributed by atoms with Crippen molar-refractivity contribution in [2.75, 3.05) is 7.05 Å². The molecular weight excluding hydrogens is 306 g/mol. The summed E-state index contributed by atoms with van der Waals surface area (Å²) in [6.45, 7) is 2.55. The second kappa shape index (κ2) is 7.08. The van der Waals surface area contributed by atoms with Crippen molar-refractivity contribution in [3.05, 3.63) is 54.0 Å². The number of hydrogen-bond acceptors (Lipinski definition) is 5. The van der Waals surface area contributed by atoms with E-state index in [1.807, 2.05) is 30.3 Å². The van der Waals surface area contributed by atoms with Crippen LogP contribution in [-0.4, -0.2) is 38.1 Å². The Kier molecular flexibility index (Phi) is 4.69. The average molecular weight is 325 g/mol. The molecule has 3 rings (SSSR count). The molecule has 0 aliphatic heterocycles. The van der Waals surface area contributed by atoms with Gasteiger partial charge in [0.15, 0.2) is 0 Å². The van der Waals surface area contributed by atoms with Gasteiger partial charge in [0.2, 0.25) is 11.7 Å². The van der Waals surface area contributed by atoms with Gasteiger partial charge in [0, 0.05) is 12.6 Å². The number of aromatic nitrogens is 4. The Morgan fingerprint density at radius 2 is 2.04 bits per heavy atom. The molecule has 0 saturated heterocycles. The molecule has 0 atom stereocenters. The molecular formula is C17H19N5O2. The fourth-order valence-corrected chi connectivity index (χ4v) is 2.28. The number of nitrogens with zero attached hydrogens (tertiary/aromatic N) is 5. The van der Waals surface area contributed by atoms with Gasteiger partial charge in [-0.15, -0.1) is 10.2 Å². The third-order valence-electron chi connectivity index (χ3n) is 3.75. The molecule has 0 unspecified atom stereocenters. The highest BCUT2D eigenvalue weighted by Gasteiger charge is 2.14. The van der Waals surface area contributed by atoms with Gasteiger partial charge in [-0.2, -0.15) is 4.80 Å². The molecule has 7 heteroatoms. The number of carbonyl (C=O) groups excluding carboxylic acids is 1. The summed E-state index contributed by atoms with van der Waals surface area (Å²) in [7, 11) is 1.71. The molecule has 0 spiro atoms. The van der Waals surface area contributed by atoms with Gasteiger partial charge in [0.1, 0.15) is 12.3 Å². The van der Waals surface area contributed by atoms with E-state index in [0.717, 1.165) is 17.7 Å². The van der Waals surface area contributed by atoms with Gasteiger partial charge in [-0.3, -0.25) is 4.79 Å². The van der Waals surface area contributed by atoms with E-state index in [9.17, 15) is 4.79 Å². The van der Waals surface area contributed by atoms with Crippen molar-refractivity contribution in [2.45, 2.75) is 26.4 Å². The molecule has 0 N–H and O–H groups in total. The highest BCUT2D eigenvalue weighted by Crippen LogP contribution is 2.14. The smallest absolute Gasteiger partial charge is 0.246 e. The average Bonchev–Trinajstić information content (AvgIpc) is 3.27. The maximum absolute atomic E-state index is 12.2. The topological polar surface area (TPSA) is 77.0 Å². The molecule has 24 heavy (non-hydrogen) atoms. The van der Waals surface area contributed by atoms with E-state index in [1.54, 1.807) is 24.3 Å². The lowest BCUT2D eigenvalue weighted by Gasteiger charge is -2.14. The number of aryl methyl sites for hydroxylation is 1. The van der Waals surface area contributed by atoms with Crippen molar-refractivity contribution in [3.8, 4) is 11.4 Å². The van der Waals surface area contributed by atoms with Crippen LogP contribution in [0.3, 0.4) is 0 Å². The number of likely N-dealkylation sites (N-methyl/N-ethyl adjacent to an activating group) is 1. The Hall–Kier alpha value is -2.96. The summed E-state index contributed by atoms with van der Waals surface area (Å²) < 4.78 is 5.24. The summed E-state index contributed by atoms with van der Waals surface area (Å²) in [6.07, 6.45) is 2.57. The fourth-order valence-electron chi connectivity index (χ4n) is 2.28. The molecule has 0 saturated carbocycles. The molecule has 2 aromatic heterocycles. The third-order valence-corrected chi connectivity index (χ3v) is 3.75.